The van der Waals surface area contributed by atoms with Crippen molar-refractivity contribution >= 4 is 34.1 Å². The van der Waals surface area contributed by atoms with E-state index in [1.807, 2.05) is 26.0 Å². The number of hydrogen-bond acceptors (Lipinski definition) is 4. The van der Waals surface area contributed by atoms with Gasteiger partial charge in [-0.05, 0) is 26.0 Å². The SMILES string of the molecule is Cc1csc(Cn2c(CCCl)nc3ccc(C)nc32)n1. The van der Waals surface area contributed by atoms with Crippen molar-refractivity contribution in [3.8, 4) is 0 Å². The Kier molecular flexibility index (Phi) is 3.72. The van der Waals surface area contributed by atoms with Crippen molar-refractivity contribution in [3.63, 3.8) is 0 Å². The third kappa shape index (κ3) is 2.55. The summed E-state index contributed by atoms with van der Waals surface area (Å²) in [6.07, 6.45) is 0.737. The van der Waals surface area contributed by atoms with Crippen molar-refractivity contribution in [2.24, 2.45) is 0 Å². The molecule has 3 rings (SSSR count). The monoisotopic (exact) mass is 306 g/mol. The molecule has 20 heavy (non-hydrogen) atoms. The highest BCUT2D eigenvalue weighted by Gasteiger charge is 2.13. The number of fused-ring (bicyclic) bond motifs is 1. The van der Waals surface area contributed by atoms with Crippen LogP contribution in [0.4, 0.5) is 0 Å². The highest BCUT2D eigenvalue weighted by molar-refractivity contribution is 7.09. The van der Waals surface area contributed by atoms with Gasteiger partial charge in [0.15, 0.2) is 5.65 Å². The maximum Gasteiger partial charge on any atom is 0.160 e. The first-order valence-corrected chi connectivity index (χ1v) is 7.88. The molecular formula is C14H15ClN4S. The Bertz CT molecular complexity index is 747. The highest BCUT2D eigenvalue weighted by atomic mass is 35.5. The molecule has 0 aliphatic heterocycles. The Hall–Kier alpha value is -1.46. The lowest BCUT2D eigenvalue weighted by Crippen LogP contribution is -2.06. The molecule has 0 fully saturated rings. The largest absolute Gasteiger partial charge is 0.306 e. The lowest BCUT2D eigenvalue weighted by atomic mass is 10.3. The van der Waals surface area contributed by atoms with E-state index >= 15 is 0 Å². The molecule has 0 bridgehead atoms. The van der Waals surface area contributed by atoms with Crippen LogP contribution in [0.25, 0.3) is 11.2 Å². The molecule has 0 unspecified atom stereocenters. The quantitative estimate of drug-likeness (QED) is 0.694. The fourth-order valence-corrected chi connectivity index (χ4v) is 3.12. The average Bonchev–Trinajstić information content (AvgIpc) is 2.96. The van der Waals surface area contributed by atoms with Crippen LogP contribution in [-0.4, -0.2) is 25.4 Å². The zero-order valence-corrected chi connectivity index (χ0v) is 13.0. The molecule has 104 valence electrons. The molecule has 6 heteroatoms. The van der Waals surface area contributed by atoms with Gasteiger partial charge in [0, 0.05) is 29.1 Å². The summed E-state index contributed by atoms with van der Waals surface area (Å²) < 4.78 is 2.13. The third-order valence-electron chi connectivity index (χ3n) is 3.09. The summed E-state index contributed by atoms with van der Waals surface area (Å²) >= 11 is 7.55. The molecule has 0 spiro atoms. The summed E-state index contributed by atoms with van der Waals surface area (Å²) in [5, 5.41) is 3.13. The van der Waals surface area contributed by atoms with Crippen LogP contribution in [0.1, 0.15) is 22.2 Å². The van der Waals surface area contributed by atoms with Gasteiger partial charge in [0.1, 0.15) is 16.3 Å². The van der Waals surface area contributed by atoms with E-state index in [0.717, 1.165) is 39.8 Å². The topological polar surface area (TPSA) is 43.6 Å². The van der Waals surface area contributed by atoms with E-state index in [4.69, 9.17) is 11.6 Å². The number of imidazole rings is 1. The van der Waals surface area contributed by atoms with E-state index < -0.39 is 0 Å². The number of aromatic nitrogens is 4. The van der Waals surface area contributed by atoms with Gasteiger partial charge >= 0.3 is 0 Å². The molecule has 0 N–H and O–H groups in total. The number of hydrogen-bond donors (Lipinski definition) is 0. The van der Waals surface area contributed by atoms with Gasteiger partial charge in [-0.3, -0.25) is 0 Å². The average molecular weight is 307 g/mol. The van der Waals surface area contributed by atoms with Crippen molar-refractivity contribution in [2.45, 2.75) is 26.8 Å². The maximum atomic E-state index is 5.89. The Morgan fingerprint density at radius 2 is 2.00 bits per heavy atom. The Labute approximate surface area is 126 Å². The summed E-state index contributed by atoms with van der Waals surface area (Å²) in [5.41, 5.74) is 3.88. The molecule has 0 aliphatic carbocycles. The Morgan fingerprint density at radius 3 is 2.70 bits per heavy atom. The molecule has 3 aromatic heterocycles. The standard InChI is InChI=1S/C14H15ClN4S/c1-9-3-4-11-14(17-9)19(12(18-11)5-6-15)7-13-16-10(2)8-20-13/h3-4,8H,5-7H2,1-2H3. The normalized spacial score (nSPS) is 11.3. The molecule has 0 aromatic carbocycles. The molecule has 0 radical (unpaired) electrons. The smallest absolute Gasteiger partial charge is 0.160 e. The molecule has 3 heterocycles. The van der Waals surface area contributed by atoms with E-state index in [1.54, 1.807) is 11.3 Å². The number of rotatable bonds is 4. The molecule has 0 saturated carbocycles. The summed E-state index contributed by atoms with van der Waals surface area (Å²) in [6.45, 7) is 4.71. The van der Waals surface area contributed by atoms with Gasteiger partial charge in [0.05, 0.1) is 6.54 Å². The van der Waals surface area contributed by atoms with E-state index in [0.29, 0.717) is 12.4 Å². The minimum absolute atomic E-state index is 0.555. The first-order valence-electron chi connectivity index (χ1n) is 6.47. The second-order valence-electron chi connectivity index (χ2n) is 4.73. The van der Waals surface area contributed by atoms with Gasteiger partial charge in [-0.25, -0.2) is 15.0 Å². The van der Waals surface area contributed by atoms with Crippen LogP contribution >= 0.6 is 22.9 Å². The number of aryl methyl sites for hydroxylation is 3. The van der Waals surface area contributed by atoms with Crippen molar-refractivity contribution in [1.29, 1.82) is 0 Å². The zero-order valence-electron chi connectivity index (χ0n) is 11.4. The van der Waals surface area contributed by atoms with Gasteiger partial charge in [0.2, 0.25) is 0 Å². The molecule has 0 saturated heterocycles. The van der Waals surface area contributed by atoms with Crippen LogP contribution < -0.4 is 0 Å². The zero-order chi connectivity index (χ0) is 14.1. The van der Waals surface area contributed by atoms with Crippen molar-refractivity contribution < 1.29 is 0 Å². The van der Waals surface area contributed by atoms with Gasteiger partial charge < -0.3 is 4.57 Å². The molecule has 0 atom stereocenters. The molecule has 0 aliphatic rings. The number of nitrogens with zero attached hydrogens (tertiary/aromatic N) is 4. The first kappa shape index (κ1) is 13.5. The van der Waals surface area contributed by atoms with Crippen LogP contribution in [0.3, 0.4) is 0 Å². The van der Waals surface area contributed by atoms with Crippen molar-refractivity contribution in [2.75, 3.05) is 5.88 Å². The van der Waals surface area contributed by atoms with Crippen molar-refractivity contribution in [3.05, 3.63) is 39.7 Å². The number of halogens is 1. The summed E-state index contributed by atoms with van der Waals surface area (Å²) in [6, 6.07) is 4.00. The minimum atomic E-state index is 0.555. The van der Waals surface area contributed by atoms with Crippen LogP contribution in [0, 0.1) is 13.8 Å². The summed E-state index contributed by atoms with van der Waals surface area (Å²) in [7, 11) is 0. The van der Waals surface area contributed by atoms with Gasteiger partial charge in [-0.15, -0.1) is 22.9 Å². The van der Waals surface area contributed by atoms with E-state index in [9.17, 15) is 0 Å². The first-order chi connectivity index (χ1) is 9.67. The lowest BCUT2D eigenvalue weighted by Gasteiger charge is -2.05. The predicted octanol–water partition coefficient (Wildman–Crippen LogP) is 3.33. The van der Waals surface area contributed by atoms with Gasteiger partial charge in [-0.2, -0.15) is 0 Å². The molecular weight excluding hydrogens is 292 g/mol. The second-order valence-corrected chi connectivity index (χ2v) is 6.05. The van der Waals surface area contributed by atoms with E-state index in [2.05, 4.69) is 24.9 Å². The van der Waals surface area contributed by atoms with Gasteiger partial charge in [0.25, 0.3) is 0 Å². The van der Waals surface area contributed by atoms with Crippen LogP contribution in [0.15, 0.2) is 17.5 Å². The predicted molar refractivity (Wildman–Crippen MR) is 82.6 cm³/mol. The van der Waals surface area contributed by atoms with Crippen molar-refractivity contribution in [1.82, 2.24) is 19.5 Å². The number of thiazole rings is 1. The third-order valence-corrected chi connectivity index (χ3v) is 4.23. The van der Waals surface area contributed by atoms with E-state index in [-0.39, 0.29) is 0 Å². The Morgan fingerprint density at radius 1 is 1.15 bits per heavy atom. The lowest BCUT2D eigenvalue weighted by molar-refractivity contribution is 0.741. The van der Waals surface area contributed by atoms with Crippen LogP contribution in [-0.2, 0) is 13.0 Å². The number of alkyl halides is 1. The van der Waals surface area contributed by atoms with Crippen LogP contribution in [0.5, 0.6) is 0 Å². The fraction of sp³-hybridized carbons (Fsp3) is 0.357. The Balaban J connectivity index is 2.09. The van der Waals surface area contributed by atoms with Gasteiger partial charge in [-0.1, -0.05) is 0 Å². The fourth-order valence-electron chi connectivity index (χ4n) is 2.20. The molecule has 0 amide bonds. The number of pyridine rings is 1. The second kappa shape index (κ2) is 5.50. The minimum Gasteiger partial charge on any atom is -0.306 e. The molecule has 3 aromatic rings. The summed E-state index contributed by atoms with van der Waals surface area (Å²) in [4.78, 5) is 13.8. The van der Waals surface area contributed by atoms with E-state index in [1.165, 1.54) is 0 Å². The highest BCUT2D eigenvalue weighted by Crippen LogP contribution is 2.19. The summed E-state index contributed by atoms with van der Waals surface area (Å²) in [5.74, 6) is 1.53. The molecule has 4 nitrogen and oxygen atoms in total. The maximum absolute atomic E-state index is 5.89. The van der Waals surface area contributed by atoms with Crippen LogP contribution in [0.2, 0.25) is 0 Å².